The molecule has 0 amide bonds. The second-order valence-electron chi connectivity index (χ2n) is 4.50. The Balaban J connectivity index is 2.42. The summed E-state index contributed by atoms with van der Waals surface area (Å²) in [7, 11) is -1.85. The lowest BCUT2D eigenvalue weighted by Crippen LogP contribution is -2.47. The van der Waals surface area contributed by atoms with Crippen LogP contribution in [0.25, 0.3) is 0 Å². The van der Waals surface area contributed by atoms with Crippen molar-refractivity contribution < 1.29 is 13.5 Å². The Morgan fingerprint density at radius 1 is 1.50 bits per heavy atom. The van der Waals surface area contributed by atoms with Crippen LogP contribution in [0, 0.1) is 5.92 Å². The molecular weight excluding hydrogens is 228 g/mol. The number of rotatable bonds is 7. The van der Waals surface area contributed by atoms with Gasteiger partial charge in [-0.3, -0.25) is 0 Å². The van der Waals surface area contributed by atoms with Crippen molar-refractivity contribution in [1.82, 2.24) is 9.03 Å². The van der Waals surface area contributed by atoms with Crippen LogP contribution >= 0.6 is 0 Å². The van der Waals surface area contributed by atoms with E-state index in [1.54, 1.807) is 0 Å². The summed E-state index contributed by atoms with van der Waals surface area (Å²) in [4.78, 5) is 0. The molecule has 16 heavy (non-hydrogen) atoms. The normalized spacial score (nSPS) is 19.8. The molecule has 6 heteroatoms. The smallest absolute Gasteiger partial charge is 0.279 e. The third-order valence-corrected chi connectivity index (χ3v) is 4.91. The SMILES string of the molecule is CC(NS(=O)(=O)N(C)CCCO)C1CCC1. The van der Waals surface area contributed by atoms with Crippen LogP contribution in [0.2, 0.25) is 0 Å². The topological polar surface area (TPSA) is 69.6 Å². The molecule has 1 aliphatic carbocycles. The highest BCUT2D eigenvalue weighted by Gasteiger charge is 2.28. The molecule has 0 aromatic carbocycles. The average molecular weight is 250 g/mol. The first-order valence-electron chi connectivity index (χ1n) is 5.82. The van der Waals surface area contributed by atoms with Gasteiger partial charge in [0.2, 0.25) is 0 Å². The van der Waals surface area contributed by atoms with Crippen LogP contribution in [0.1, 0.15) is 32.6 Å². The lowest BCUT2D eigenvalue weighted by molar-refractivity contribution is 0.254. The van der Waals surface area contributed by atoms with E-state index in [1.165, 1.54) is 17.8 Å². The molecular formula is C10H22N2O3S. The van der Waals surface area contributed by atoms with Gasteiger partial charge >= 0.3 is 0 Å². The minimum atomic E-state index is -3.38. The third kappa shape index (κ3) is 3.69. The summed E-state index contributed by atoms with van der Waals surface area (Å²) < 4.78 is 27.6. The number of aliphatic hydroxyl groups is 1. The molecule has 2 N–H and O–H groups in total. The number of nitrogens with one attached hydrogen (secondary N) is 1. The summed E-state index contributed by atoms with van der Waals surface area (Å²) in [5, 5.41) is 8.66. The molecule has 1 rings (SSSR count). The van der Waals surface area contributed by atoms with Gasteiger partial charge in [0.25, 0.3) is 10.2 Å². The zero-order chi connectivity index (χ0) is 12.2. The molecule has 1 fully saturated rings. The molecule has 0 aliphatic heterocycles. The maximum absolute atomic E-state index is 11.8. The van der Waals surface area contributed by atoms with Crippen molar-refractivity contribution in [2.75, 3.05) is 20.2 Å². The predicted octanol–water partition coefficient (Wildman–Crippen LogP) is 0.324. The predicted molar refractivity (Wildman–Crippen MR) is 63.2 cm³/mol. The monoisotopic (exact) mass is 250 g/mol. The third-order valence-electron chi connectivity index (χ3n) is 3.23. The van der Waals surface area contributed by atoms with Crippen molar-refractivity contribution in [3.8, 4) is 0 Å². The summed E-state index contributed by atoms with van der Waals surface area (Å²) in [6, 6.07) is 0.00956. The van der Waals surface area contributed by atoms with Crippen LogP contribution in [0.15, 0.2) is 0 Å². The van der Waals surface area contributed by atoms with Crippen LogP contribution in [0.5, 0.6) is 0 Å². The van der Waals surface area contributed by atoms with Crippen molar-refractivity contribution in [2.45, 2.75) is 38.6 Å². The number of aliphatic hydroxyl groups excluding tert-OH is 1. The molecule has 0 bridgehead atoms. The molecule has 0 saturated heterocycles. The van der Waals surface area contributed by atoms with Gasteiger partial charge in [0.15, 0.2) is 0 Å². The van der Waals surface area contributed by atoms with Crippen molar-refractivity contribution in [3.05, 3.63) is 0 Å². The Morgan fingerprint density at radius 2 is 2.12 bits per heavy atom. The van der Waals surface area contributed by atoms with Gasteiger partial charge in [-0.25, -0.2) is 0 Å². The van der Waals surface area contributed by atoms with E-state index >= 15 is 0 Å². The van der Waals surface area contributed by atoms with Crippen molar-refractivity contribution in [2.24, 2.45) is 5.92 Å². The van der Waals surface area contributed by atoms with E-state index in [9.17, 15) is 8.42 Å². The van der Waals surface area contributed by atoms with Gasteiger partial charge in [-0.05, 0) is 32.1 Å². The van der Waals surface area contributed by atoms with Crippen molar-refractivity contribution in [3.63, 3.8) is 0 Å². The summed E-state index contributed by atoms with van der Waals surface area (Å²) in [5.41, 5.74) is 0. The maximum Gasteiger partial charge on any atom is 0.279 e. The lowest BCUT2D eigenvalue weighted by atomic mass is 9.81. The maximum atomic E-state index is 11.8. The first-order valence-corrected chi connectivity index (χ1v) is 7.26. The Hall–Kier alpha value is -0.170. The minimum Gasteiger partial charge on any atom is -0.396 e. The minimum absolute atomic E-state index is 0.00956. The zero-order valence-electron chi connectivity index (χ0n) is 10.0. The molecule has 5 nitrogen and oxygen atoms in total. The average Bonchev–Trinajstić information content (AvgIpc) is 2.09. The highest BCUT2D eigenvalue weighted by molar-refractivity contribution is 7.87. The Kier molecular flexibility index (Phi) is 5.17. The second kappa shape index (κ2) is 5.95. The molecule has 0 aromatic heterocycles. The van der Waals surface area contributed by atoms with E-state index in [-0.39, 0.29) is 12.6 Å². The zero-order valence-corrected chi connectivity index (χ0v) is 10.8. The standard InChI is InChI=1S/C10H22N2O3S/c1-9(10-5-3-6-10)11-16(14,15)12(2)7-4-8-13/h9-11,13H,3-8H2,1-2H3. The molecule has 0 heterocycles. The number of nitrogens with zero attached hydrogens (tertiary/aromatic N) is 1. The van der Waals surface area contributed by atoms with E-state index in [1.807, 2.05) is 6.92 Å². The molecule has 1 unspecified atom stereocenters. The van der Waals surface area contributed by atoms with Gasteiger partial charge in [0, 0.05) is 26.2 Å². The molecule has 96 valence electrons. The first kappa shape index (κ1) is 13.9. The molecule has 0 radical (unpaired) electrons. The summed E-state index contributed by atoms with van der Waals surface area (Å²) in [5.74, 6) is 0.487. The van der Waals surface area contributed by atoms with E-state index in [0.717, 1.165) is 12.8 Å². The number of hydrogen-bond donors (Lipinski definition) is 2. The van der Waals surface area contributed by atoms with Gasteiger partial charge in [0.1, 0.15) is 0 Å². The van der Waals surface area contributed by atoms with E-state index < -0.39 is 10.2 Å². The van der Waals surface area contributed by atoms with Crippen LogP contribution in [0.3, 0.4) is 0 Å². The molecule has 0 aromatic rings. The van der Waals surface area contributed by atoms with Crippen LogP contribution < -0.4 is 4.72 Å². The fourth-order valence-corrected chi connectivity index (χ4v) is 2.99. The molecule has 1 saturated carbocycles. The van der Waals surface area contributed by atoms with Gasteiger partial charge in [0.05, 0.1) is 0 Å². The van der Waals surface area contributed by atoms with Gasteiger partial charge in [-0.1, -0.05) is 6.42 Å². The van der Waals surface area contributed by atoms with Gasteiger partial charge in [-0.15, -0.1) is 0 Å². The van der Waals surface area contributed by atoms with Gasteiger partial charge < -0.3 is 5.11 Å². The fraction of sp³-hybridized carbons (Fsp3) is 1.00. The largest absolute Gasteiger partial charge is 0.396 e. The summed E-state index contributed by atoms with van der Waals surface area (Å²) >= 11 is 0. The highest BCUT2D eigenvalue weighted by Crippen LogP contribution is 2.29. The summed E-state index contributed by atoms with van der Waals surface area (Å²) in [6.07, 6.45) is 3.90. The quantitative estimate of drug-likeness (QED) is 0.684. The molecule has 1 atom stereocenters. The highest BCUT2D eigenvalue weighted by atomic mass is 32.2. The first-order chi connectivity index (χ1) is 7.47. The van der Waals surface area contributed by atoms with E-state index in [4.69, 9.17) is 5.11 Å². The molecule has 0 spiro atoms. The van der Waals surface area contributed by atoms with Crippen LogP contribution in [-0.2, 0) is 10.2 Å². The van der Waals surface area contributed by atoms with Crippen molar-refractivity contribution in [1.29, 1.82) is 0 Å². The van der Waals surface area contributed by atoms with Gasteiger partial charge in [-0.2, -0.15) is 17.4 Å². The van der Waals surface area contributed by atoms with E-state index in [0.29, 0.717) is 18.9 Å². The number of hydrogen-bond acceptors (Lipinski definition) is 3. The van der Waals surface area contributed by atoms with Crippen molar-refractivity contribution >= 4 is 10.2 Å². The second-order valence-corrected chi connectivity index (χ2v) is 6.31. The fourth-order valence-electron chi connectivity index (χ4n) is 1.77. The Bertz CT molecular complexity index is 301. The lowest BCUT2D eigenvalue weighted by Gasteiger charge is -2.32. The van der Waals surface area contributed by atoms with E-state index in [2.05, 4.69) is 4.72 Å². The Morgan fingerprint density at radius 3 is 2.56 bits per heavy atom. The molecule has 1 aliphatic rings. The van der Waals surface area contributed by atoms with Crippen LogP contribution in [0.4, 0.5) is 0 Å². The Labute approximate surface area is 98.0 Å². The van der Waals surface area contributed by atoms with Crippen LogP contribution in [-0.4, -0.2) is 44.1 Å². The summed E-state index contributed by atoms with van der Waals surface area (Å²) in [6.45, 7) is 2.28.